The van der Waals surface area contributed by atoms with Gasteiger partial charge in [0.2, 0.25) is 0 Å². The molecule has 0 spiro atoms. The molecule has 20 heavy (non-hydrogen) atoms. The summed E-state index contributed by atoms with van der Waals surface area (Å²) in [5.74, 6) is -1.08. The summed E-state index contributed by atoms with van der Waals surface area (Å²) in [4.78, 5) is 23.7. The van der Waals surface area contributed by atoms with E-state index in [9.17, 15) is 14.7 Å². The number of rotatable bonds is 5. The molecular formula is C15H26N2O3. The summed E-state index contributed by atoms with van der Waals surface area (Å²) in [6, 6.07) is -0.408. The highest BCUT2D eigenvalue weighted by Gasteiger charge is 2.51. The van der Waals surface area contributed by atoms with Gasteiger partial charge in [0.25, 0.3) is 0 Å². The Morgan fingerprint density at radius 2 is 1.85 bits per heavy atom. The fourth-order valence-electron chi connectivity index (χ4n) is 3.01. The maximum absolute atomic E-state index is 12.0. The van der Waals surface area contributed by atoms with Gasteiger partial charge in [0.1, 0.15) is 5.54 Å². The third kappa shape index (κ3) is 3.52. The molecule has 0 aliphatic heterocycles. The molecule has 2 atom stereocenters. The third-order valence-corrected chi connectivity index (χ3v) is 4.34. The lowest BCUT2D eigenvalue weighted by Gasteiger charge is -2.44. The molecule has 0 aromatic rings. The number of hydrogen-bond acceptors (Lipinski definition) is 2. The predicted octanol–water partition coefficient (Wildman–Crippen LogP) is 2.53. The van der Waals surface area contributed by atoms with Crippen molar-refractivity contribution in [3.8, 4) is 0 Å². The molecule has 0 radical (unpaired) electrons. The number of aliphatic carboxylic acids is 1. The van der Waals surface area contributed by atoms with Crippen LogP contribution in [0.4, 0.5) is 4.79 Å². The smallest absolute Gasteiger partial charge is 0.330 e. The van der Waals surface area contributed by atoms with E-state index in [2.05, 4.69) is 17.2 Å². The first-order chi connectivity index (χ1) is 9.30. The Balaban J connectivity index is 2.73. The summed E-state index contributed by atoms with van der Waals surface area (Å²) in [6.45, 7) is 9.93. The van der Waals surface area contributed by atoms with Crippen LogP contribution in [0.5, 0.6) is 0 Å². The number of amides is 2. The highest BCUT2D eigenvalue weighted by molar-refractivity contribution is 5.87. The van der Waals surface area contributed by atoms with E-state index >= 15 is 0 Å². The quantitative estimate of drug-likeness (QED) is 0.678. The van der Waals surface area contributed by atoms with Crippen molar-refractivity contribution in [1.82, 2.24) is 10.6 Å². The Labute approximate surface area is 120 Å². The zero-order valence-corrected chi connectivity index (χ0v) is 12.7. The van der Waals surface area contributed by atoms with Gasteiger partial charge in [0.05, 0.1) is 0 Å². The van der Waals surface area contributed by atoms with Crippen LogP contribution in [0.2, 0.25) is 0 Å². The first-order valence-corrected chi connectivity index (χ1v) is 7.24. The van der Waals surface area contributed by atoms with Gasteiger partial charge in [-0.25, -0.2) is 9.59 Å². The molecule has 1 aliphatic carbocycles. The van der Waals surface area contributed by atoms with E-state index in [0.29, 0.717) is 13.0 Å². The fraction of sp³-hybridized carbons (Fsp3) is 0.733. The van der Waals surface area contributed by atoms with E-state index in [1.807, 2.05) is 20.8 Å². The molecule has 1 saturated carbocycles. The van der Waals surface area contributed by atoms with E-state index in [-0.39, 0.29) is 11.8 Å². The number of carboxylic acid groups (broad SMARTS) is 1. The maximum atomic E-state index is 12.0. The maximum Gasteiger partial charge on any atom is 0.330 e. The van der Waals surface area contributed by atoms with Crippen LogP contribution in [0.15, 0.2) is 12.2 Å². The Kier molecular flexibility index (Phi) is 5.60. The lowest BCUT2D eigenvalue weighted by Crippen LogP contribution is -2.65. The second-order valence-electron chi connectivity index (χ2n) is 6.00. The molecule has 1 rings (SSSR count). The van der Waals surface area contributed by atoms with Crippen LogP contribution in [0.3, 0.4) is 0 Å². The number of nitrogens with one attached hydrogen (secondary N) is 2. The summed E-state index contributed by atoms with van der Waals surface area (Å²) in [6.07, 6.45) is 3.35. The van der Waals surface area contributed by atoms with Gasteiger partial charge in [-0.05, 0) is 38.0 Å². The van der Waals surface area contributed by atoms with Gasteiger partial charge in [0.15, 0.2) is 0 Å². The largest absolute Gasteiger partial charge is 0.479 e. The molecule has 1 aliphatic rings. The first kappa shape index (κ1) is 16.5. The van der Waals surface area contributed by atoms with Gasteiger partial charge in [-0.3, -0.25) is 0 Å². The van der Waals surface area contributed by atoms with Crippen molar-refractivity contribution in [1.29, 1.82) is 0 Å². The van der Waals surface area contributed by atoms with E-state index in [1.165, 1.54) is 0 Å². The van der Waals surface area contributed by atoms with Gasteiger partial charge < -0.3 is 15.7 Å². The van der Waals surface area contributed by atoms with Crippen molar-refractivity contribution in [3.05, 3.63) is 12.2 Å². The van der Waals surface area contributed by atoms with Crippen LogP contribution in [-0.4, -0.2) is 29.2 Å². The summed E-state index contributed by atoms with van der Waals surface area (Å²) in [5.41, 5.74) is -0.177. The number of urea groups is 1. The van der Waals surface area contributed by atoms with E-state index in [0.717, 1.165) is 24.8 Å². The van der Waals surface area contributed by atoms with Crippen molar-refractivity contribution >= 4 is 12.0 Å². The summed E-state index contributed by atoms with van der Waals surface area (Å²) < 4.78 is 0. The normalized spacial score (nSPS) is 29.6. The number of hydrogen-bond donors (Lipinski definition) is 3. The minimum atomic E-state index is -1.16. The lowest BCUT2D eigenvalue weighted by atomic mass is 9.67. The highest BCUT2D eigenvalue weighted by atomic mass is 16.4. The van der Waals surface area contributed by atoms with Crippen LogP contribution in [-0.2, 0) is 4.79 Å². The van der Waals surface area contributed by atoms with Crippen LogP contribution < -0.4 is 10.6 Å². The topological polar surface area (TPSA) is 78.4 Å². The minimum Gasteiger partial charge on any atom is -0.479 e. The molecule has 3 N–H and O–H groups in total. The predicted molar refractivity (Wildman–Crippen MR) is 78.5 cm³/mol. The van der Waals surface area contributed by atoms with Gasteiger partial charge >= 0.3 is 12.0 Å². The van der Waals surface area contributed by atoms with E-state index < -0.39 is 17.5 Å². The fourth-order valence-corrected chi connectivity index (χ4v) is 3.01. The summed E-state index contributed by atoms with van der Waals surface area (Å²) >= 11 is 0. The molecule has 0 saturated heterocycles. The third-order valence-electron chi connectivity index (χ3n) is 4.34. The van der Waals surface area contributed by atoms with Crippen LogP contribution >= 0.6 is 0 Å². The molecule has 2 unspecified atom stereocenters. The minimum absolute atomic E-state index is 0.0735. The first-order valence-electron chi connectivity index (χ1n) is 7.24. The molecule has 0 aromatic heterocycles. The van der Waals surface area contributed by atoms with E-state index in [4.69, 9.17) is 0 Å². The average Bonchev–Trinajstić information content (AvgIpc) is 2.33. The van der Waals surface area contributed by atoms with Gasteiger partial charge in [0, 0.05) is 6.54 Å². The van der Waals surface area contributed by atoms with E-state index in [1.54, 1.807) is 0 Å². The zero-order valence-electron chi connectivity index (χ0n) is 12.7. The number of carbonyl (C=O) groups excluding carboxylic acids is 1. The number of carboxylic acids is 1. The van der Waals surface area contributed by atoms with Crippen LogP contribution in [0, 0.1) is 11.8 Å². The molecule has 5 heteroatoms. The van der Waals surface area contributed by atoms with Crippen molar-refractivity contribution in [2.24, 2.45) is 11.8 Å². The lowest BCUT2D eigenvalue weighted by molar-refractivity contribution is -0.151. The van der Waals surface area contributed by atoms with Crippen molar-refractivity contribution in [2.75, 3.05) is 6.54 Å². The molecule has 1 fully saturated rings. The highest BCUT2D eigenvalue weighted by Crippen LogP contribution is 2.38. The summed E-state index contributed by atoms with van der Waals surface area (Å²) in [7, 11) is 0. The molecule has 0 bridgehead atoms. The Bertz CT molecular complexity index is 383. The Morgan fingerprint density at radius 1 is 1.30 bits per heavy atom. The monoisotopic (exact) mass is 282 g/mol. The Hall–Kier alpha value is -1.52. The second kappa shape index (κ2) is 6.77. The molecule has 0 aromatic carbocycles. The van der Waals surface area contributed by atoms with Gasteiger partial charge in [-0.2, -0.15) is 0 Å². The second-order valence-corrected chi connectivity index (χ2v) is 6.00. The van der Waals surface area contributed by atoms with Crippen LogP contribution in [0.25, 0.3) is 0 Å². The SMILES string of the molecule is C=C(C)CCNC(=O)NC1(C(=O)O)C(C)CCCC1C. The Morgan fingerprint density at radius 3 is 2.30 bits per heavy atom. The van der Waals surface area contributed by atoms with Crippen LogP contribution in [0.1, 0.15) is 46.5 Å². The molecule has 0 heterocycles. The summed E-state index contributed by atoms with van der Waals surface area (Å²) in [5, 5.41) is 15.1. The number of carbonyl (C=O) groups is 2. The van der Waals surface area contributed by atoms with Crippen molar-refractivity contribution in [2.45, 2.75) is 52.0 Å². The average molecular weight is 282 g/mol. The zero-order chi connectivity index (χ0) is 15.3. The standard InChI is InChI=1S/C15H26N2O3/c1-10(2)8-9-16-14(20)17-15(13(18)19)11(3)6-5-7-12(15)4/h11-12H,1,5-9H2,2-4H3,(H,18,19)(H2,16,17,20). The molecule has 2 amide bonds. The van der Waals surface area contributed by atoms with Crippen molar-refractivity contribution in [3.63, 3.8) is 0 Å². The molecule has 5 nitrogen and oxygen atoms in total. The van der Waals surface area contributed by atoms with Gasteiger partial charge in [-0.15, -0.1) is 6.58 Å². The molecule has 114 valence electrons. The molecular weight excluding hydrogens is 256 g/mol. The van der Waals surface area contributed by atoms with Gasteiger partial charge in [-0.1, -0.05) is 25.8 Å². The van der Waals surface area contributed by atoms with Crippen molar-refractivity contribution < 1.29 is 14.7 Å².